The van der Waals surface area contributed by atoms with Crippen molar-refractivity contribution in [1.82, 2.24) is 15.3 Å². The van der Waals surface area contributed by atoms with Crippen molar-refractivity contribution in [2.45, 2.75) is 26.8 Å². The largest absolute Gasteiger partial charge is 0.472 e. The Morgan fingerprint density at radius 1 is 1.44 bits per heavy atom. The second kappa shape index (κ2) is 7.82. The van der Waals surface area contributed by atoms with Crippen LogP contribution in [0.25, 0.3) is 0 Å². The SMILES string of the molecule is CC=CCOc1cncc(CNCCC)n1. The lowest BCUT2D eigenvalue weighted by Crippen LogP contribution is -2.15. The third-order valence-corrected chi connectivity index (χ3v) is 1.96. The van der Waals surface area contributed by atoms with Crippen LogP contribution in [0, 0.1) is 0 Å². The van der Waals surface area contributed by atoms with Gasteiger partial charge in [0.25, 0.3) is 0 Å². The molecule has 0 bridgehead atoms. The molecule has 0 saturated heterocycles. The van der Waals surface area contributed by atoms with Crippen LogP contribution < -0.4 is 10.1 Å². The number of nitrogens with zero attached hydrogens (tertiary/aromatic N) is 2. The molecule has 0 aliphatic carbocycles. The maximum Gasteiger partial charge on any atom is 0.232 e. The molecule has 0 amide bonds. The van der Waals surface area contributed by atoms with Crippen LogP contribution in [0.2, 0.25) is 0 Å². The van der Waals surface area contributed by atoms with Crippen molar-refractivity contribution < 1.29 is 4.74 Å². The summed E-state index contributed by atoms with van der Waals surface area (Å²) in [6.07, 6.45) is 8.38. The van der Waals surface area contributed by atoms with E-state index in [4.69, 9.17) is 4.74 Å². The molecular formula is C12H19N3O. The van der Waals surface area contributed by atoms with E-state index in [0.29, 0.717) is 12.5 Å². The molecule has 0 aliphatic rings. The van der Waals surface area contributed by atoms with Crippen molar-refractivity contribution in [3.8, 4) is 5.88 Å². The van der Waals surface area contributed by atoms with Gasteiger partial charge in [-0.2, -0.15) is 0 Å². The van der Waals surface area contributed by atoms with Gasteiger partial charge in [-0.25, -0.2) is 4.98 Å². The van der Waals surface area contributed by atoms with Gasteiger partial charge in [0.1, 0.15) is 6.61 Å². The molecule has 1 heterocycles. The minimum absolute atomic E-state index is 0.539. The smallest absolute Gasteiger partial charge is 0.232 e. The predicted octanol–water partition coefficient (Wildman–Crippen LogP) is 1.93. The number of nitrogens with one attached hydrogen (secondary N) is 1. The zero-order valence-corrected chi connectivity index (χ0v) is 9.94. The third kappa shape index (κ3) is 4.89. The maximum absolute atomic E-state index is 5.41. The highest BCUT2D eigenvalue weighted by atomic mass is 16.5. The highest BCUT2D eigenvalue weighted by Gasteiger charge is 1.98. The van der Waals surface area contributed by atoms with E-state index < -0.39 is 0 Å². The molecule has 0 radical (unpaired) electrons. The Bertz CT molecular complexity index is 326. The van der Waals surface area contributed by atoms with Gasteiger partial charge in [-0.15, -0.1) is 0 Å². The van der Waals surface area contributed by atoms with Gasteiger partial charge in [-0.05, 0) is 19.9 Å². The Balaban J connectivity index is 2.43. The highest BCUT2D eigenvalue weighted by molar-refractivity contribution is 5.08. The second-order valence-corrected chi connectivity index (χ2v) is 3.41. The van der Waals surface area contributed by atoms with Gasteiger partial charge in [-0.1, -0.05) is 19.1 Å². The summed E-state index contributed by atoms with van der Waals surface area (Å²) in [7, 11) is 0. The fourth-order valence-corrected chi connectivity index (χ4v) is 1.16. The molecule has 4 heteroatoms. The van der Waals surface area contributed by atoms with Crippen LogP contribution in [0.3, 0.4) is 0 Å². The average Bonchev–Trinajstić information content (AvgIpc) is 2.30. The molecule has 1 aromatic rings. The second-order valence-electron chi connectivity index (χ2n) is 3.41. The first-order valence-electron chi connectivity index (χ1n) is 5.62. The quantitative estimate of drug-likeness (QED) is 0.564. The molecule has 1 rings (SSSR count). The van der Waals surface area contributed by atoms with Gasteiger partial charge in [-0.3, -0.25) is 4.98 Å². The van der Waals surface area contributed by atoms with Crippen molar-refractivity contribution in [1.29, 1.82) is 0 Å². The highest BCUT2D eigenvalue weighted by Crippen LogP contribution is 2.04. The standard InChI is InChI=1S/C12H19N3O/c1-3-5-7-16-12-10-14-9-11(15-12)8-13-6-4-2/h3,5,9-10,13H,4,6-8H2,1-2H3. The Kier molecular flexibility index (Phi) is 6.18. The number of allylic oxidation sites excluding steroid dienone is 1. The average molecular weight is 221 g/mol. The van der Waals surface area contributed by atoms with E-state index >= 15 is 0 Å². The first-order valence-corrected chi connectivity index (χ1v) is 5.62. The number of aromatic nitrogens is 2. The van der Waals surface area contributed by atoms with Crippen LogP contribution >= 0.6 is 0 Å². The summed E-state index contributed by atoms with van der Waals surface area (Å²) in [5, 5.41) is 3.27. The Morgan fingerprint density at radius 2 is 2.31 bits per heavy atom. The number of hydrogen-bond donors (Lipinski definition) is 1. The summed E-state index contributed by atoms with van der Waals surface area (Å²) in [5.41, 5.74) is 0.909. The monoisotopic (exact) mass is 221 g/mol. The Morgan fingerprint density at radius 3 is 3.06 bits per heavy atom. The van der Waals surface area contributed by atoms with Gasteiger partial charge in [0.05, 0.1) is 11.9 Å². The minimum Gasteiger partial charge on any atom is -0.472 e. The summed E-state index contributed by atoms with van der Waals surface area (Å²) in [6.45, 7) is 6.36. The van der Waals surface area contributed by atoms with E-state index in [1.807, 2.05) is 19.1 Å². The molecule has 4 nitrogen and oxygen atoms in total. The lowest BCUT2D eigenvalue weighted by atomic mass is 10.4. The predicted molar refractivity (Wildman–Crippen MR) is 64.3 cm³/mol. The molecule has 1 N–H and O–H groups in total. The summed E-state index contributed by atoms with van der Waals surface area (Å²) in [5.74, 6) is 0.578. The van der Waals surface area contributed by atoms with Crippen molar-refractivity contribution in [2.24, 2.45) is 0 Å². The summed E-state index contributed by atoms with van der Waals surface area (Å²) >= 11 is 0. The number of rotatable bonds is 7. The molecule has 1 aromatic heterocycles. The van der Waals surface area contributed by atoms with Crippen molar-refractivity contribution in [2.75, 3.05) is 13.2 Å². The van der Waals surface area contributed by atoms with Gasteiger partial charge in [0, 0.05) is 12.7 Å². The first kappa shape index (κ1) is 12.6. The molecule has 0 saturated carbocycles. The Hall–Kier alpha value is -1.42. The van der Waals surface area contributed by atoms with Crippen LogP contribution in [-0.2, 0) is 6.54 Å². The van der Waals surface area contributed by atoms with Crippen LogP contribution in [0.1, 0.15) is 26.0 Å². The van der Waals surface area contributed by atoms with Crippen LogP contribution in [0.15, 0.2) is 24.5 Å². The van der Waals surface area contributed by atoms with Gasteiger partial charge in [0.2, 0.25) is 5.88 Å². The summed E-state index contributed by atoms with van der Waals surface area (Å²) in [4.78, 5) is 8.43. The third-order valence-electron chi connectivity index (χ3n) is 1.96. The van der Waals surface area contributed by atoms with E-state index in [1.165, 1.54) is 0 Å². The minimum atomic E-state index is 0.539. The van der Waals surface area contributed by atoms with Crippen molar-refractivity contribution >= 4 is 0 Å². The number of hydrogen-bond acceptors (Lipinski definition) is 4. The molecule has 0 fully saturated rings. The Labute approximate surface area is 96.8 Å². The fourth-order valence-electron chi connectivity index (χ4n) is 1.16. The van der Waals surface area contributed by atoms with E-state index in [0.717, 1.165) is 25.2 Å². The molecule has 0 aromatic carbocycles. The maximum atomic E-state index is 5.41. The lowest BCUT2D eigenvalue weighted by Gasteiger charge is -2.05. The lowest BCUT2D eigenvalue weighted by molar-refractivity contribution is 0.344. The zero-order chi connectivity index (χ0) is 11.6. The molecule has 0 spiro atoms. The first-order chi connectivity index (χ1) is 7.86. The van der Waals surface area contributed by atoms with Crippen LogP contribution in [0.5, 0.6) is 5.88 Å². The zero-order valence-electron chi connectivity index (χ0n) is 9.94. The van der Waals surface area contributed by atoms with E-state index in [9.17, 15) is 0 Å². The van der Waals surface area contributed by atoms with Crippen LogP contribution in [-0.4, -0.2) is 23.1 Å². The molecule has 88 valence electrons. The topological polar surface area (TPSA) is 47.0 Å². The van der Waals surface area contributed by atoms with E-state index in [1.54, 1.807) is 12.4 Å². The summed E-state index contributed by atoms with van der Waals surface area (Å²) < 4.78 is 5.41. The molecular weight excluding hydrogens is 202 g/mol. The van der Waals surface area contributed by atoms with E-state index in [-0.39, 0.29) is 0 Å². The summed E-state index contributed by atoms with van der Waals surface area (Å²) in [6, 6.07) is 0. The molecule has 16 heavy (non-hydrogen) atoms. The van der Waals surface area contributed by atoms with Gasteiger partial charge in [0.15, 0.2) is 0 Å². The van der Waals surface area contributed by atoms with Crippen molar-refractivity contribution in [3.05, 3.63) is 30.2 Å². The van der Waals surface area contributed by atoms with E-state index in [2.05, 4.69) is 22.2 Å². The van der Waals surface area contributed by atoms with Crippen molar-refractivity contribution in [3.63, 3.8) is 0 Å². The fraction of sp³-hybridized carbons (Fsp3) is 0.500. The normalized spacial score (nSPS) is 10.9. The van der Waals surface area contributed by atoms with Gasteiger partial charge < -0.3 is 10.1 Å². The van der Waals surface area contributed by atoms with Gasteiger partial charge >= 0.3 is 0 Å². The number of ether oxygens (including phenoxy) is 1. The molecule has 0 atom stereocenters. The molecule has 0 aliphatic heterocycles. The molecule has 0 unspecified atom stereocenters. The van der Waals surface area contributed by atoms with Crippen LogP contribution in [0.4, 0.5) is 0 Å².